The summed E-state index contributed by atoms with van der Waals surface area (Å²) in [6.07, 6.45) is 8.57. The van der Waals surface area contributed by atoms with Gasteiger partial charge >= 0.3 is 11.9 Å². The topological polar surface area (TPSA) is 72.8 Å². The molecule has 6 heteroatoms. The minimum absolute atomic E-state index is 0.0953. The third kappa shape index (κ3) is 3.92. The Morgan fingerprint density at radius 3 is 2.90 bits per heavy atom. The maximum Gasteiger partial charge on any atom is 0.348 e. The highest BCUT2D eigenvalue weighted by Crippen LogP contribution is 2.62. The van der Waals surface area contributed by atoms with E-state index in [0.29, 0.717) is 23.3 Å². The molecule has 0 bridgehead atoms. The fourth-order valence-corrected chi connectivity index (χ4v) is 6.62. The maximum absolute atomic E-state index is 12.5. The molecule has 4 rings (SSSR count). The molecule has 1 aromatic rings. The van der Waals surface area contributed by atoms with Crippen LogP contribution in [-0.4, -0.2) is 29.8 Å². The monoisotopic (exact) mass is 442 g/mol. The number of carbonyl (C=O) groups excluding carboxylic acids is 2. The maximum atomic E-state index is 12.5. The van der Waals surface area contributed by atoms with Crippen molar-refractivity contribution in [3.8, 4) is 0 Å². The first kappa shape index (κ1) is 22.0. The summed E-state index contributed by atoms with van der Waals surface area (Å²) in [6.45, 7) is 8.89. The molecule has 1 aromatic heterocycles. The Morgan fingerprint density at radius 2 is 2.23 bits per heavy atom. The van der Waals surface area contributed by atoms with Crippen molar-refractivity contribution < 1.29 is 24.2 Å². The lowest BCUT2D eigenvalue weighted by Crippen LogP contribution is -2.57. The van der Waals surface area contributed by atoms with Crippen molar-refractivity contribution in [2.75, 3.05) is 6.61 Å². The van der Waals surface area contributed by atoms with Gasteiger partial charge in [0.15, 0.2) is 0 Å². The van der Waals surface area contributed by atoms with E-state index in [2.05, 4.69) is 20.4 Å². The SMILES string of the molecule is C=C1CCC2[C@](C)(COC(=O)c3cccs3)[C@H](O)CC[C@@]2(C)[C@@H]1C/C=C1\C=COC1=O. The number of fused-ring (bicyclic) bond motifs is 1. The van der Waals surface area contributed by atoms with E-state index in [1.165, 1.54) is 23.2 Å². The molecule has 5 atom stereocenters. The molecule has 1 N–H and O–H groups in total. The summed E-state index contributed by atoms with van der Waals surface area (Å²) in [5, 5.41) is 12.9. The van der Waals surface area contributed by atoms with Crippen LogP contribution in [0.4, 0.5) is 0 Å². The summed E-state index contributed by atoms with van der Waals surface area (Å²) in [7, 11) is 0. The lowest BCUT2D eigenvalue weighted by atomic mass is 9.46. The summed E-state index contributed by atoms with van der Waals surface area (Å²) in [4.78, 5) is 24.9. The Labute approximate surface area is 187 Å². The number of hydrogen-bond donors (Lipinski definition) is 1. The van der Waals surface area contributed by atoms with Gasteiger partial charge in [-0.15, -0.1) is 11.3 Å². The van der Waals surface area contributed by atoms with Crippen LogP contribution in [0.1, 0.15) is 55.6 Å². The Morgan fingerprint density at radius 1 is 1.42 bits per heavy atom. The van der Waals surface area contributed by atoms with Crippen LogP contribution in [0.3, 0.4) is 0 Å². The standard InChI is InChI=1S/C25H30O5S/c1-16-6-9-20-24(2,18(16)8-7-17-11-13-29-22(17)27)12-10-21(26)25(20,3)15-30-23(28)19-5-4-14-31-19/h4-5,7,11,13-14,18,20-21,26H,1,6,8-10,12,15H2,2-3H3/b17-7+/t18-,20?,21-,24+,25+/m1/s1. The van der Waals surface area contributed by atoms with Gasteiger partial charge in [-0.05, 0) is 66.9 Å². The number of thiophene rings is 1. The summed E-state index contributed by atoms with van der Waals surface area (Å²) < 4.78 is 10.6. The van der Waals surface area contributed by atoms with Gasteiger partial charge in [-0.3, -0.25) is 0 Å². The van der Waals surface area contributed by atoms with Crippen LogP contribution in [0, 0.1) is 22.7 Å². The number of aliphatic hydroxyl groups excluding tert-OH is 1. The number of cyclic esters (lactones) is 1. The quantitative estimate of drug-likeness (QED) is 0.393. The lowest BCUT2D eigenvalue weighted by Gasteiger charge is -2.60. The largest absolute Gasteiger partial charge is 0.461 e. The highest BCUT2D eigenvalue weighted by molar-refractivity contribution is 7.11. The molecule has 0 spiro atoms. The number of allylic oxidation sites excluding steroid dienone is 2. The molecular weight excluding hydrogens is 412 g/mol. The van der Waals surface area contributed by atoms with Gasteiger partial charge in [-0.2, -0.15) is 0 Å². The second-order valence-corrected chi connectivity index (χ2v) is 10.5. The first-order valence-corrected chi connectivity index (χ1v) is 11.8. The van der Waals surface area contributed by atoms with Crippen LogP contribution in [0.2, 0.25) is 0 Å². The summed E-state index contributed by atoms with van der Waals surface area (Å²) in [5.41, 5.74) is 1.16. The number of aliphatic hydroxyl groups is 1. The zero-order chi connectivity index (χ0) is 22.2. The number of ether oxygens (including phenoxy) is 2. The van der Waals surface area contributed by atoms with E-state index >= 15 is 0 Å². The normalized spacial score (nSPS) is 36.4. The van der Waals surface area contributed by atoms with Gasteiger partial charge in [0.1, 0.15) is 4.88 Å². The number of hydrogen-bond acceptors (Lipinski definition) is 6. The van der Waals surface area contributed by atoms with E-state index in [-0.39, 0.29) is 35.8 Å². The molecule has 2 heterocycles. The molecule has 0 aromatic carbocycles. The average Bonchev–Trinajstić information content (AvgIpc) is 3.41. The minimum atomic E-state index is -0.530. The Bertz CT molecular complexity index is 930. The van der Waals surface area contributed by atoms with E-state index in [9.17, 15) is 14.7 Å². The molecule has 0 radical (unpaired) electrons. The number of esters is 2. The highest BCUT2D eigenvalue weighted by atomic mass is 32.1. The van der Waals surface area contributed by atoms with Crippen LogP contribution < -0.4 is 0 Å². The van der Waals surface area contributed by atoms with E-state index < -0.39 is 11.5 Å². The first-order chi connectivity index (χ1) is 14.8. The van der Waals surface area contributed by atoms with Crippen molar-refractivity contribution in [1.29, 1.82) is 0 Å². The zero-order valence-corrected chi connectivity index (χ0v) is 19.0. The fraction of sp³-hybridized carbons (Fsp3) is 0.520. The van der Waals surface area contributed by atoms with E-state index in [4.69, 9.17) is 9.47 Å². The Balaban J connectivity index is 1.56. The second kappa shape index (κ2) is 8.40. The number of rotatable bonds is 5. The van der Waals surface area contributed by atoms with Crippen molar-refractivity contribution in [2.24, 2.45) is 22.7 Å². The van der Waals surface area contributed by atoms with E-state index in [1.807, 2.05) is 17.5 Å². The summed E-state index contributed by atoms with van der Waals surface area (Å²) in [5.74, 6) is -0.267. The van der Waals surface area contributed by atoms with Gasteiger partial charge < -0.3 is 14.6 Å². The third-order valence-electron chi connectivity index (χ3n) is 7.82. The molecule has 5 nitrogen and oxygen atoms in total. The van der Waals surface area contributed by atoms with Crippen molar-refractivity contribution >= 4 is 23.3 Å². The molecule has 0 saturated heterocycles. The second-order valence-electron chi connectivity index (χ2n) is 9.52. The first-order valence-electron chi connectivity index (χ1n) is 10.9. The Kier molecular flexibility index (Phi) is 5.97. The predicted molar refractivity (Wildman–Crippen MR) is 119 cm³/mol. The van der Waals surface area contributed by atoms with Gasteiger partial charge in [-0.25, -0.2) is 9.59 Å². The van der Waals surface area contributed by atoms with Crippen molar-refractivity contribution in [1.82, 2.24) is 0 Å². The summed E-state index contributed by atoms with van der Waals surface area (Å²) >= 11 is 1.36. The van der Waals surface area contributed by atoms with Crippen LogP contribution in [-0.2, 0) is 14.3 Å². The van der Waals surface area contributed by atoms with Crippen LogP contribution in [0.25, 0.3) is 0 Å². The molecule has 3 aliphatic rings. The molecule has 2 aliphatic carbocycles. The average molecular weight is 443 g/mol. The van der Waals surface area contributed by atoms with Gasteiger partial charge in [0.05, 0.1) is 24.5 Å². The molecular formula is C25H30O5S. The zero-order valence-electron chi connectivity index (χ0n) is 18.1. The number of carbonyl (C=O) groups is 2. The van der Waals surface area contributed by atoms with Crippen LogP contribution in [0.15, 0.2) is 53.7 Å². The smallest absolute Gasteiger partial charge is 0.348 e. The van der Waals surface area contributed by atoms with Gasteiger partial charge in [0.2, 0.25) is 0 Å². The van der Waals surface area contributed by atoms with Crippen molar-refractivity contribution in [3.05, 3.63) is 58.5 Å². The molecule has 2 fully saturated rings. The van der Waals surface area contributed by atoms with Gasteiger partial charge in [-0.1, -0.05) is 38.1 Å². The van der Waals surface area contributed by atoms with Gasteiger partial charge in [0, 0.05) is 5.41 Å². The lowest BCUT2D eigenvalue weighted by molar-refractivity contribution is -0.152. The molecule has 0 amide bonds. The van der Waals surface area contributed by atoms with E-state index in [0.717, 1.165) is 19.3 Å². The van der Waals surface area contributed by atoms with Crippen LogP contribution in [0.5, 0.6) is 0 Å². The minimum Gasteiger partial charge on any atom is -0.461 e. The van der Waals surface area contributed by atoms with Crippen LogP contribution >= 0.6 is 11.3 Å². The van der Waals surface area contributed by atoms with Crippen molar-refractivity contribution in [3.63, 3.8) is 0 Å². The fourth-order valence-electron chi connectivity index (χ4n) is 6.00. The molecule has 1 aliphatic heterocycles. The summed E-state index contributed by atoms with van der Waals surface area (Å²) in [6, 6.07) is 3.59. The van der Waals surface area contributed by atoms with Gasteiger partial charge in [0.25, 0.3) is 0 Å². The third-order valence-corrected chi connectivity index (χ3v) is 8.67. The Hall–Kier alpha value is -2.18. The van der Waals surface area contributed by atoms with Crippen molar-refractivity contribution in [2.45, 2.75) is 52.1 Å². The molecule has 1 unspecified atom stereocenters. The molecule has 166 valence electrons. The molecule has 31 heavy (non-hydrogen) atoms. The predicted octanol–water partition coefficient (Wildman–Crippen LogP) is 5.04. The molecule has 2 saturated carbocycles. The van der Waals surface area contributed by atoms with E-state index in [1.54, 1.807) is 12.1 Å². The highest BCUT2D eigenvalue weighted by Gasteiger charge is 2.58.